The molecule has 6 heteroatoms. The van der Waals surface area contributed by atoms with Gasteiger partial charge in [0.25, 0.3) is 0 Å². The fourth-order valence-corrected chi connectivity index (χ4v) is 1.41. The molecule has 0 aromatic heterocycles. The summed E-state index contributed by atoms with van der Waals surface area (Å²) in [6.07, 6.45) is 2.46. The van der Waals surface area contributed by atoms with Gasteiger partial charge in [0, 0.05) is 20.3 Å². The number of rotatable bonds is 5. The quantitative estimate of drug-likeness (QED) is 0.185. The van der Waals surface area contributed by atoms with Gasteiger partial charge in [0.15, 0.2) is 0 Å². The van der Waals surface area contributed by atoms with Gasteiger partial charge in [0.05, 0.1) is 19.3 Å². The summed E-state index contributed by atoms with van der Waals surface area (Å²) in [5.41, 5.74) is 2.51. The predicted molar refractivity (Wildman–Crippen MR) is 58.5 cm³/mol. The molecule has 6 nitrogen and oxygen atoms in total. The Bertz CT molecular complexity index is 193. The molecule has 88 valence electrons. The third-order valence-corrected chi connectivity index (χ3v) is 2.21. The molecule has 0 aliphatic carbocycles. The molecule has 1 fully saturated rings. The van der Waals surface area contributed by atoms with Crippen molar-refractivity contribution in [3.8, 4) is 0 Å². The summed E-state index contributed by atoms with van der Waals surface area (Å²) in [4.78, 5) is 4.28. The van der Waals surface area contributed by atoms with Crippen molar-refractivity contribution in [3.63, 3.8) is 0 Å². The van der Waals surface area contributed by atoms with Crippen molar-refractivity contribution in [3.05, 3.63) is 0 Å². The van der Waals surface area contributed by atoms with E-state index < -0.39 is 0 Å². The summed E-state index contributed by atoms with van der Waals surface area (Å²) in [6, 6.07) is 0. The average molecular weight is 216 g/mol. The molecule has 4 N–H and O–H groups in total. The first kappa shape index (κ1) is 12.2. The minimum absolute atomic E-state index is 0.248. The fourth-order valence-electron chi connectivity index (χ4n) is 1.41. The standard InChI is InChI=1S/C9H20N4O2/c1-14-6-4-11-9(13-10)12-7-8-3-2-5-15-8/h8H,2-7,10H2,1H3,(H2,11,12,13). The Labute approximate surface area is 90.2 Å². The first-order chi connectivity index (χ1) is 7.36. The molecule has 1 aliphatic heterocycles. The summed E-state index contributed by atoms with van der Waals surface area (Å²) >= 11 is 0. The van der Waals surface area contributed by atoms with Crippen LogP contribution < -0.4 is 16.6 Å². The van der Waals surface area contributed by atoms with Crippen LogP contribution in [-0.2, 0) is 9.47 Å². The summed E-state index contributed by atoms with van der Waals surface area (Å²) in [6.45, 7) is 2.81. The Kier molecular flexibility index (Phi) is 6.06. The number of nitrogens with two attached hydrogens (primary N) is 1. The highest BCUT2D eigenvalue weighted by Gasteiger charge is 2.14. The molecule has 0 amide bonds. The maximum Gasteiger partial charge on any atom is 0.205 e. The smallest absolute Gasteiger partial charge is 0.205 e. The number of guanidine groups is 1. The van der Waals surface area contributed by atoms with Gasteiger partial charge in [0.2, 0.25) is 5.96 Å². The van der Waals surface area contributed by atoms with Gasteiger partial charge in [-0.25, -0.2) is 10.8 Å². The van der Waals surface area contributed by atoms with Gasteiger partial charge in [-0.2, -0.15) is 0 Å². The molecule has 1 saturated heterocycles. The predicted octanol–water partition coefficient (Wildman–Crippen LogP) is -0.779. The molecule has 1 rings (SSSR count). The van der Waals surface area contributed by atoms with Crippen LogP contribution in [0.5, 0.6) is 0 Å². The highest BCUT2D eigenvalue weighted by atomic mass is 16.5. The Morgan fingerprint density at radius 1 is 1.67 bits per heavy atom. The number of nitrogens with one attached hydrogen (secondary N) is 2. The lowest BCUT2D eigenvalue weighted by molar-refractivity contribution is 0.117. The van der Waals surface area contributed by atoms with E-state index in [4.69, 9.17) is 15.3 Å². The minimum Gasteiger partial charge on any atom is -0.383 e. The Morgan fingerprint density at radius 2 is 2.53 bits per heavy atom. The molecule has 0 spiro atoms. The zero-order valence-electron chi connectivity index (χ0n) is 9.16. The summed E-state index contributed by atoms with van der Waals surface area (Å²) < 4.78 is 10.3. The van der Waals surface area contributed by atoms with Gasteiger partial charge >= 0.3 is 0 Å². The van der Waals surface area contributed by atoms with Gasteiger partial charge in [-0.15, -0.1) is 0 Å². The van der Waals surface area contributed by atoms with Crippen molar-refractivity contribution >= 4 is 5.96 Å². The van der Waals surface area contributed by atoms with Crippen molar-refractivity contribution in [2.24, 2.45) is 10.8 Å². The summed E-state index contributed by atoms with van der Waals surface area (Å²) in [7, 11) is 1.65. The largest absolute Gasteiger partial charge is 0.383 e. The molecular formula is C9H20N4O2. The monoisotopic (exact) mass is 216 g/mol. The van der Waals surface area contributed by atoms with Crippen molar-refractivity contribution in [2.45, 2.75) is 18.9 Å². The van der Waals surface area contributed by atoms with Crippen molar-refractivity contribution in [2.75, 3.05) is 33.4 Å². The minimum atomic E-state index is 0.248. The van der Waals surface area contributed by atoms with E-state index in [0.717, 1.165) is 19.4 Å². The average Bonchev–Trinajstić information content (AvgIpc) is 2.76. The van der Waals surface area contributed by atoms with Crippen molar-refractivity contribution in [1.82, 2.24) is 10.7 Å². The number of hydrogen-bond donors (Lipinski definition) is 3. The number of aliphatic imine (C=N–C) groups is 1. The van der Waals surface area contributed by atoms with E-state index in [9.17, 15) is 0 Å². The number of nitrogens with zero attached hydrogens (tertiary/aromatic N) is 1. The lowest BCUT2D eigenvalue weighted by atomic mass is 10.2. The highest BCUT2D eigenvalue weighted by molar-refractivity contribution is 5.79. The van der Waals surface area contributed by atoms with Crippen LogP contribution in [0.25, 0.3) is 0 Å². The number of hydrazine groups is 1. The van der Waals surface area contributed by atoms with Gasteiger partial charge in [-0.3, -0.25) is 5.43 Å². The van der Waals surface area contributed by atoms with Crippen LogP contribution in [0.2, 0.25) is 0 Å². The Balaban J connectivity index is 2.19. The van der Waals surface area contributed by atoms with E-state index in [1.807, 2.05) is 0 Å². The Hall–Kier alpha value is -0.850. The maximum atomic E-state index is 5.45. The maximum absolute atomic E-state index is 5.45. The highest BCUT2D eigenvalue weighted by Crippen LogP contribution is 2.11. The molecule has 15 heavy (non-hydrogen) atoms. The number of methoxy groups -OCH3 is 1. The van der Waals surface area contributed by atoms with Crippen molar-refractivity contribution < 1.29 is 9.47 Å². The molecule has 0 saturated carbocycles. The van der Waals surface area contributed by atoms with E-state index in [-0.39, 0.29) is 6.10 Å². The van der Waals surface area contributed by atoms with E-state index in [2.05, 4.69) is 15.7 Å². The van der Waals surface area contributed by atoms with Crippen LogP contribution in [0, 0.1) is 0 Å². The summed E-state index contributed by atoms with van der Waals surface area (Å²) in [5, 5.41) is 3.03. The van der Waals surface area contributed by atoms with Crippen LogP contribution in [0.4, 0.5) is 0 Å². The van der Waals surface area contributed by atoms with Crippen LogP contribution >= 0.6 is 0 Å². The molecule has 0 radical (unpaired) electrons. The molecule has 1 unspecified atom stereocenters. The van der Waals surface area contributed by atoms with Crippen LogP contribution in [-0.4, -0.2) is 45.5 Å². The SMILES string of the molecule is COCCNC(=NCC1CCCO1)NN. The van der Waals surface area contributed by atoms with E-state index in [1.54, 1.807) is 7.11 Å². The first-order valence-electron chi connectivity index (χ1n) is 5.22. The second-order valence-electron chi connectivity index (χ2n) is 3.39. The second-order valence-corrected chi connectivity index (χ2v) is 3.39. The third kappa shape index (κ3) is 4.96. The zero-order valence-corrected chi connectivity index (χ0v) is 9.16. The van der Waals surface area contributed by atoms with Gasteiger partial charge < -0.3 is 14.8 Å². The van der Waals surface area contributed by atoms with Crippen LogP contribution in [0.15, 0.2) is 4.99 Å². The fraction of sp³-hybridized carbons (Fsp3) is 0.889. The van der Waals surface area contributed by atoms with E-state index >= 15 is 0 Å². The van der Waals surface area contributed by atoms with Crippen LogP contribution in [0.1, 0.15) is 12.8 Å². The van der Waals surface area contributed by atoms with Gasteiger partial charge in [-0.05, 0) is 12.8 Å². The normalized spacial score (nSPS) is 21.7. The van der Waals surface area contributed by atoms with E-state index in [0.29, 0.717) is 25.7 Å². The van der Waals surface area contributed by atoms with Gasteiger partial charge in [-0.1, -0.05) is 0 Å². The third-order valence-electron chi connectivity index (χ3n) is 2.21. The molecule has 1 heterocycles. The molecule has 0 bridgehead atoms. The molecule has 0 aromatic carbocycles. The van der Waals surface area contributed by atoms with E-state index in [1.165, 1.54) is 0 Å². The molecular weight excluding hydrogens is 196 g/mol. The van der Waals surface area contributed by atoms with Crippen molar-refractivity contribution in [1.29, 1.82) is 0 Å². The number of ether oxygens (including phenoxy) is 2. The molecule has 1 atom stereocenters. The van der Waals surface area contributed by atoms with Gasteiger partial charge in [0.1, 0.15) is 0 Å². The second kappa shape index (κ2) is 7.44. The zero-order chi connectivity index (χ0) is 10.9. The topological polar surface area (TPSA) is 80.9 Å². The Morgan fingerprint density at radius 3 is 3.13 bits per heavy atom. The number of hydrogen-bond acceptors (Lipinski definition) is 4. The molecule has 1 aliphatic rings. The first-order valence-corrected chi connectivity index (χ1v) is 5.22. The summed E-state index contributed by atoms with van der Waals surface area (Å²) in [5.74, 6) is 5.90. The lowest BCUT2D eigenvalue weighted by Crippen LogP contribution is -2.43. The molecule has 0 aromatic rings. The van der Waals surface area contributed by atoms with Crippen LogP contribution in [0.3, 0.4) is 0 Å². The lowest BCUT2D eigenvalue weighted by Gasteiger charge is -2.10.